The van der Waals surface area contributed by atoms with Gasteiger partial charge < -0.3 is 4.90 Å². The minimum atomic E-state index is -3.44. The van der Waals surface area contributed by atoms with Crippen LogP contribution >= 0.6 is 11.3 Å². The molecule has 128 valence electrons. The van der Waals surface area contributed by atoms with Crippen molar-refractivity contribution in [3.05, 3.63) is 16.5 Å². The maximum Gasteiger partial charge on any atom is 0.250 e. The van der Waals surface area contributed by atoms with Crippen LogP contribution in [-0.4, -0.2) is 31.8 Å². The Morgan fingerprint density at radius 1 is 1.26 bits per heavy atom. The highest BCUT2D eigenvalue weighted by Gasteiger charge is 2.27. The van der Waals surface area contributed by atoms with Crippen LogP contribution in [0.3, 0.4) is 0 Å². The van der Waals surface area contributed by atoms with Crippen molar-refractivity contribution in [1.29, 1.82) is 0 Å². The summed E-state index contributed by atoms with van der Waals surface area (Å²) in [5.74, 6) is 0.0443. The maximum atomic E-state index is 12.7. The Balaban J connectivity index is 1.75. The molecular formula is C16H24N2O3S2. The average molecular weight is 357 g/mol. The van der Waals surface area contributed by atoms with Crippen LogP contribution in [0.15, 0.2) is 10.3 Å². The Kier molecular flexibility index (Phi) is 5.08. The number of amides is 1. The smallest absolute Gasteiger partial charge is 0.250 e. The molecule has 1 fully saturated rings. The second kappa shape index (κ2) is 6.91. The van der Waals surface area contributed by atoms with E-state index in [1.807, 2.05) is 0 Å². The van der Waals surface area contributed by atoms with Crippen molar-refractivity contribution in [2.24, 2.45) is 0 Å². The molecule has 1 saturated carbocycles. The number of sulfonamides is 1. The summed E-state index contributed by atoms with van der Waals surface area (Å²) in [6.07, 6.45) is 7.21. The molecule has 2 heterocycles. The summed E-state index contributed by atoms with van der Waals surface area (Å²) in [4.78, 5) is 14.4. The first-order valence-corrected chi connectivity index (χ1v) is 10.6. The molecule has 2 aliphatic rings. The number of nitrogens with zero attached hydrogens (tertiary/aromatic N) is 1. The van der Waals surface area contributed by atoms with Crippen molar-refractivity contribution >= 4 is 27.3 Å². The largest absolute Gasteiger partial charge is 0.338 e. The molecule has 1 aliphatic heterocycles. The van der Waals surface area contributed by atoms with Gasteiger partial charge in [0.1, 0.15) is 4.21 Å². The molecule has 0 bridgehead atoms. The first-order chi connectivity index (χ1) is 11.0. The lowest BCUT2D eigenvalue weighted by Crippen LogP contribution is -2.34. The molecule has 0 saturated heterocycles. The zero-order valence-corrected chi connectivity index (χ0v) is 15.1. The standard InChI is InChI=1S/C16H24N2O3S2/c1-12(19)18-9-8-15-13(11-18)10-16(22-15)23(20,21)17-14-6-4-2-3-5-7-14/h10,14,17H,2-9,11H2,1H3. The molecule has 1 N–H and O–H groups in total. The molecule has 7 heteroatoms. The molecule has 0 unspecified atom stereocenters. The van der Waals surface area contributed by atoms with Crippen LogP contribution in [0.5, 0.6) is 0 Å². The summed E-state index contributed by atoms with van der Waals surface area (Å²) in [7, 11) is -3.44. The van der Waals surface area contributed by atoms with Crippen molar-refractivity contribution in [2.45, 2.75) is 68.7 Å². The third-order valence-electron chi connectivity index (χ3n) is 4.73. The van der Waals surface area contributed by atoms with E-state index < -0.39 is 10.0 Å². The van der Waals surface area contributed by atoms with E-state index >= 15 is 0 Å². The summed E-state index contributed by atoms with van der Waals surface area (Å²) < 4.78 is 28.6. The van der Waals surface area contributed by atoms with Gasteiger partial charge in [-0.05, 0) is 30.9 Å². The summed E-state index contributed by atoms with van der Waals surface area (Å²) in [6.45, 7) is 2.77. The first kappa shape index (κ1) is 16.9. The number of carbonyl (C=O) groups is 1. The minimum Gasteiger partial charge on any atom is -0.338 e. The van der Waals surface area contributed by atoms with E-state index in [0.29, 0.717) is 17.3 Å². The van der Waals surface area contributed by atoms with Gasteiger partial charge in [-0.2, -0.15) is 0 Å². The van der Waals surface area contributed by atoms with Crippen LogP contribution in [0.1, 0.15) is 55.9 Å². The van der Waals surface area contributed by atoms with E-state index in [2.05, 4.69) is 4.72 Å². The monoisotopic (exact) mass is 356 g/mol. The fourth-order valence-corrected chi connectivity index (χ4v) is 6.25. The Hall–Kier alpha value is -0.920. The fourth-order valence-electron chi connectivity index (χ4n) is 3.38. The van der Waals surface area contributed by atoms with Crippen molar-refractivity contribution in [3.8, 4) is 0 Å². The first-order valence-electron chi connectivity index (χ1n) is 8.35. The van der Waals surface area contributed by atoms with Gasteiger partial charge in [0, 0.05) is 30.9 Å². The second-order valence-electron chi connectivity index (χ2n) is 6.51. The topological polar surface area (TPSA) is 66.5 Å². The van der Waals surface area contributed by atoms with Gasteiger partial charge in [-0.25, -0.2) is 13.1 Å². The van der Waals surface area contributed by atoms with Crippen LogP contribution in [0.4, 0.5) is 0 Å². The molecule has 3 rings (SSSR count). The van der Waals surface area contributed by atoms with E-state index in [1.165, 1.54) is 24.2 Å². The van der Waals surface area contributed by atoms with Gasteiger partial charge in [-0.3, -0.25) is 4.79 Å². The number of rotatable bonds is 3. The molecule has 1 aliphatic carbocycles. The van der Waals surface area contributed by atoms with Crippen molar-refractivity contribution in [1.82, 2.24) is 9.62 Å². The Bertz CT molecular complexity index is 673. The predicted molar refractivity (Wildman–Crippen MR) is 90.9 cm³/mol. The molecule has 1 aromatic heterocycles. The highest BCUT2D eigenvalue weighted by atomic mass is 32.2. The summed E-state index contributed by atoms with van der Waals surface area (Å²) >= 11 is 1.36. The van der Waals surface area contributed by atoms with E-state index in [4.69, 9.17) is 0 Å². The van der Waals surface area contributed by atoms with Crippen molar-refractivity contribution in [2.75, 3.05) is 6.54 Å². The predicted octanol–water partition coefficient (Wildman–Crippen LogP) is 2.65. The van der Waals surface area contributed by atoms with Crippen LogP contribution < -0.4 is 4.72 Å². The number of hydrogen-bond donors (Lipinski definition) is 1. The van der Waals surface area contributed by atoms with Crippen molar-refractivity contribution in [3.63, 3.8) is 0 Å². The SMILES string of the molecule is CC(=O)N1CCc2sc(S(=O)(=O)NC3CCCCCC3)cc2C1. The third-order valence-corrected chi connectivity index (χ3v) is 7.96. The summed E-state index contributed by atoms with van der Waals surface area (Å²) in [6, 6.07) is 1.82. The lowest BCUT2D eigenvalue weighted by atomic mass is 10.1. The van der Waals surface area contributed by atoms with E-state index in [0.717, 1.165) is 42.5 Å². The summed E-state index contributed by atoms with van der Waals surface area (Å²) in [5.41, 5.74) is 0.984. The Morgan fingerprint density at radius 3 is 2.61 bits per heavy atom. The molecule has 0 atom stereocenters. The van der Waals surface area contributed by atoms with E-state index in [-0.39, 0.29) is 11.9 Å². The molecular weight excluding hydrogens is 332 g/mol. The van der Waals surface area contributed by atoms with Gasteiger partial charge in [0.15, 0.2) is 0 Å². The quantitative estimate of drug-likeness (QED) is 0.847. The van der Waals surface area contributed by atoms with Gasteiger partial charge in [0.2, 0.25) is 15.9 Å². The lowest BCUT2D eigenvalue weighted by Gasteiger charge is -2.25. The Morgan fingerprint density at radius 2 is 1.96 bits per heavy atom. The van der Waals surface area contributed by atoms with Gasteiger partial charge in [-0.15, -0.1) is 11.3 Å². The fraction of sp³-hybridized carbons (Fsp3) is 0.688. The highest BCUT2D eigenvalue weighted by Crippen LogP contribution is 2.31. The van der Waals surface area contributed by atoms with Gasteiger partial charge >= 0.3 is 0 Å². The van der Waals surface area contributed by atoms with Crippen LogP contribution in [0.25, 0.3) is 0 Å². The zero-order chi connectivity index (χ0) is 16.4. The normalized spacial score (nSPS) is 20.1. The number of nitrogens with one attached hydrogen (secondary N) is 1. The number of fused-ring (bicyclic) bond motifs is 1. The van der Waals surface area contributed by atoms with Gasteiger partial charge in [-0.1, -0.05) is 25.7 Å². The number of hydrogen-bond acceptors (Lipinski definition) is 4. The number of thiophene rings is 1. The molecule has 0 radical (unpaired) electrons. The second-order valence-corrected chi connectivity index (χ2v) is 9.59. The summed E-state index contributed by atoms with van der Waals surface area (Å²) in [5, 5.41) is 0. The average Bonchev–Trinajstić information content (AvgIpc) is 2.79. The van der Waals surface area contributed by atoms with Crippen LogP contribution in [0.2, 0.25) is 0 Å². The van der Waals surface area contributed by atoms with Crippen molar-refractivity contribution < 1.29 is 13.2 Å². The molecule has 0 spiro atoms. The van der Waals surface area contributed by atoms with E-state index in [9.17, 15) is 13.2 Å². The minimum absolute atomic E-state index is 0.0443. The lowest BCUT2D eigenvalue weighted by molar-refractivity contribution is -0.129. The van der Waals surface area contributed by atoms with Gasteiger partial charge in [0.05, 0.1) is 0 Å². The van der Waals surface area contributed by atoms with Gasteiger partial charge in [0.25, 0.3) is 0 Å². The number of carbonyl (C=O) groups excluding carboxylic acids is 1. The third kappa shape index (κ3) is 3.95. The maximum absolute atomic E-state index is 12.7. The highest BCUT2D eigenvalue weighted by molar-refractivity contribution is 7.91. The van der Waals surface area contributed by atoms with E-state index in [1.54, 1.807) is 17.9 Å². The van der Waals surface area contributed by atoms with Crippen LogP contribution in [-0.2, 0) is 27.8 Å². The molecule has 1 amide bonds. The van der Waals surface area contributed by atoms with Crippen LogP contribution in [0, 0.1) is 0 Å². The zero-order valence-electron chi connectivity index (χ0n) is 13.5. The molecule has 1 aromatic rings. The molecule has 0 aromatic carbocycles. The Labute approximate surface area is 142 Å². The molecule has 5 nitrogen and oxygen atoms in total. The molecule has 23 heavy (non-hydrogen) atoms.